The molecule has 0 aromatic heterocycles. The van der Waals surface area contributed by atoms with Crippen molar-refractivity contribution in [1.29, 1.82) is 0 Å². The van der Waals surface area contributed by atoms with E-state index in [0.717, 1.165) is 7.05 Å². The second-order valence-corrected chi connectivity index (χ2v) is 3.00. The lowest BCUT2D eigenvalue weighted by atomic mass is 10.2. The molecule has 0 aliphatic heterocycles. The van der Waals surface area contributed by atoms with Crippen LogP contribution in [0.2, 0.25) is 0 Å². The summed E-state index contributed by atoms with van der Waals surface area (Å²) in [7, 11) is 1.09. The Kier molecular flexibility index (Phi) is 4.87. The molecule has 0 saturated heterocycles. The molecule has 2 nitrogen and oxygen atoms in total. The van der Waals surface area contributed by atoms with Crippen molar-refractivity contribution in [3.63, 3.8) is 0 Å². The molecule has 14 heavy (non-hydrogen) atoms. The molecule has 1 amide bonds. The molecule has 0 unspecified atom stereocenters. The van der Waals surface area contributed by atoms with Crippen molar-refractivity contribution in [3.8, 4) is 0 Å². The van der Waals surface area contributed by atoms with Crippen LogP contribution in [0.1, 0.15) is 19.8 Å². The van der Waals surface area contributed by atoms with Crippen molar-refractivity contribution in [2.45, 2.75) is 32.1 Å². The third-order valence-corrected chi connectivity index (χ3v) is 1.75. The lowest BCUT2D eigenvalue weighted by molar-refractivity contribution is -0.179. The summed E-state index contributed by atoms with van der Waals surface area (Å²) in [5.41, 5.74) is 0. The number of amides is 1. The van der Waals surface area contributed by atoms with Gasteiger partial charge in [0.15, 0.2) is 0 Å². The van der Waals surface area contributed by atoms with Gasteiger partial charge in [0.1, 0.15) is 0 Å². The molecule has 0 spiro atoms. The number of hydrogen-bond acceptors (Lipinski definition) is 1. The Morgan fingerprint density at radius 2 is 1.93 bits per heavy atom. The maximum absolute atomic E-state index is 12.5. The number of alkyl halides is 4. The SMILES string of the molecule is CCCCN(C)C(=O)C(F)(F)C(F)F. The molecule has 0 aromatic carbocycles. The van der Waals surface area contributed by atoms with Gasteiger partial charge in [-0.25, -0.2) is 8.78 Å². The average molecular weight is 215 g/mol. The topological polar surface area (TPSA) is 20.3 Å². The van der Waals surface area contributed by atoms with Crippen molar-refractivity contribution in [2.24, 2.45) is 0 Å². The average Bonchev–Trinajstić information content (AvgIpc) is 2.12. The lowest BCUT2D eigenvalue weighted by Gasteiger charge is -2.22. The summed E-state index contributed by atoms with van der Waals surface area (Å²) >= 11 is 0. The molecule has 0 radical (unpaired) electrons. The molecule has 0 bridgehead atoms. The lowest BCUT2D eigenvalue weighted by Crippen LogP contribution is -2.46. The van der Waals surface area contributed by atoms with E-state index in [9.17, 15) is 22.4 Å². The van der Waals surface area contributed by atoms with Crippen LogP contribution >= 0.6 is 0 Å². The Morgan fingerprint density at radius 1 is 1.43 bits per heavy atom. The number of hydrogen-bond donors (Lipinski definition) is 0. The monoisotopic (exact) mass is 215 g/mol. The van der Waals surface area contributed by atoms with E-state index in [1.54, 1.807) is 0 Å². The zero-order valence-corrected chi connectivity index (χ0v) is 8.07. The van der Waals surface area contributed by atoms with E-state index < -0.39 is 18.3 Å². The molecule has 0 atom stereocenters. The molecule has 0 aliphatic rings. The largest absolute Gasteiger partial charge is 0.383 e. The summed E-state index contributed by atoms with van der Waals surface area (Å²) in [6, 6.07) is 0. The molecule has 0 aromatic rings. The maximum atomic E-state index is 12.5. The van der Waals surface area contributed by atoms with Gasteiger partial charge in [-0.15, -0.1) is 0 Å². The third-order valence-electron chi connectivity index (χ3n) is 1.75. The molecule has 0 saturated carbocycles. The summed E-state index contributed by atoms with van der Waals surface area (Å²) < 4.78 is 48.4. The van der Waals surface area contributed by atoms with E-state index in [2.05, 4.69) is 0 Å². The Bertz CT molecular complexity index is 196. The van der Waals surface area contributed by atoms with E-state index in [1.165, 1.54) is 0 Å². The molecule has 6 heteroatoms. The first-order valence-electron chi connectivity index (χ1n) is 4.25. The van der Waals surface area contributed by atoms with Crippen LogP contribution < -0.4 is 0 Å². The van der Waals surface area contributed by atoms with Crippen molar-refractivity contribution >= 4 is 5.91 Å². The second kappa shape index (κ2) is 5.17. The predicted molar refractivity (Wildman–Crippen MR) is 43.5 cm³/mol. The van der Waals surface area contributed by atoms with Gasteiger partial charge in [0.25, 0.3) is 5.91 Å². The molecule has 0 rings (SSSR count). The zero-order valence-electron chi connectivity index (χ0n) is 8.07. The van der Waals surface area contributed by atoms with E-state index in [0.29, 0.717) is 17.7 Å². The summed E-state index contributed by atoms with van der Waals surface area (Å²) in [6.45, 7) is 1.88. The maximum Gasteiger partial charge on any atom is 0.383 e. The first-order chi connectivity index (χ1) is 6.34. The zero-order chi connectivity index (χ0) is 11.4. The number of halogens is 4. The van der Waals surface area contributed by atoms with Gasteiger partial charge in [-0.1, -0.05) is 13.3 Å². The molecular weight excluding hydrogens is 202 g/mol. The number of nitrogens with zero attached hydrogens (tertiary/aromatic N) is 1. The van der Waals surface area contributed by atoms with Crippen molar-refractivity contribution < 1.29 is 22.4 Å². The minimum Gasteiger partial charge on any atom is -0.340 e. The second-order valence-electron chi connectivity index (χ2n) is 3.00. The first-order valence-corrected chi connectivity index (χ1v) is 4.25. The highest BCUT2D eigenvalue weighted by Crippen LogP contribution is 2.24. The third kappa shape index (κ3) is 3.16. The molecule has 0 fully saturated rings. The van der Waals surface area contributed by atoms with Crippen molar-refractivity contribution in [3.05, 3.63) is 0 Å². The summed E-state index contributed by atoms with van der Waals surface area (Å²) in [4.78, 5) is 11.4. The highest BCUT2D eigenvalue weighted by atomic mass is 19.3. The van der Waals surface area contributed by atoms with Crippen LogP contribution in [-0.2, 0) is 4.79 Å². The fraction of sp³-hybridized carbons (Fsp3) is 0.875. The minimum atomic E-state index is -4.57. The number of rotatable bonds is 5. The fourth-order valence-electron chi connectivity index (χ4n) is 0.845. The van der Waals surface area contributed by atoms with Crippen molar-refractivity contribution in [2.75, 3.05) is 13.6 Å². The van der Waals surface area contributed by atoms with Crippen LogP contribution in [0.25, 0.3) is 0 Å². The predicted octanol–water partition coefficient (Wildman–Crippen LogP) is 2.15. The summed E-state index contributed by atoms with van der Waals surface area (Å²) in [6.07, 6.45) is -2.72. The summed E-state index contributed by atoms with van der Waals surface area (Å²) in [5.74, 6) is -6.39. The highest BCUT2D eigenvalue weighted by molar-refractivity contribution is 5.83. The minimum absolute atomic E-state index is 0.0671. The van der Waals surface area contributed by atoms with E-state index >= 15 is 0 Å². The highest BCUT2D eigenvalue weighted by Gasteiger charge is 2.50. The Balaban J connectivity index is 4.30. The van der Waals surface area contributed by atoms with Crippen LogP contribution in [0.3, 0.4) is 0 Å². The van der Waals surface area contributed by atoms with Crippen molar-refractivity contribution in [1.82, 2.24) is 4.90 Å². The molecular formula is C8H13F4NO. The Morgan fingerprint density at radius 3 is 2.29 bits per heavy atom. The van der Waals surface area contributed by atoms with Gasteiger partial charge >= 0.3 is 12.3 Å². The van der Waals surface area contributed by atoms with Gasteiger partial charge in [-0.2, -0.15) is 8.78 Å². The van der Waals surface area contributed by atoms with Gasteiger partial charge in [-0.05, 0) is 6.42 Å². The van der Waals surface area contributed by atoms with Gasteiger partial charge < -0.3 is 4.90 Å². The number of carbonyl (C=O) groups is 1. The number of unbranched alkanes of at least 4 members (excludes halogenated alkanes) is 1. The van der Waals surface area contributed by atoms with Gasteiger partial charge in [-0.3, -0.25) is 4.79 Å². The quantitative estimate of drug-likeness (QED) is 0.643. The van der Waals surface area contributed by atoms with Crippen LogP contribution in [0.4, 0.5) is 17.6 Å². The van der Waals surface area contributed by atoms with E-state index in [1.807, 2.05) is 6.92 Å². The van der Waals surface area contributed by atoms with E-state index in [4.69, 9.17) is 0 Å². The fourth-order valence-corrected chi connectivity index (χ4v) is 0.845. The molecule has 84 valence electrons. The molecule has 0 aliphatic carbocycles. The van der Waals surface area contributed by atoms with Crippen LogP contribution in [0.15, 0.2) is 0 Å². The Hall–Kier alpha value is -0.810. The van der Waals surface area contributed by atoms with Gasteiger partial charge in [0.05, 0.1) is 0 Å². The molecule has 0 heterocycles. The van der Waals surface area contributed by atoms with Gasteiger partial charge in [0, 0.05) is 13.6 Å². The standard InChI is InChI=1S/C8H13F4NO/c1-3-4-5-13(2)7(14)8(11,12)6(9)10/h6H,3-5H2,1-2H3. The number of carbonyl (C=O) groups excluding carboxylic acids is 1. The van der Waals surface area contributed by atoms with Crippen LogP contribution in [0, 0.1) is 0 Å². The first kappa shape index (κ1) is 13.2. The van der Waals surface area contributed by atoms with E-state index in [-0.39, 0.29) is 6.54 Å². The normalized spacial score (nSPS) is 11.9. The Labute approximate surface area is 79.9 Å². The van der Waals surface area contributed by atoms with Crippen LogP contribution in [0.5, 0.6) is 0 Å². The smallest absolute Gasteiger partial charge is 0.340 e. The molecule has 0 N–H and O–H groups in total. The van der Waals surface area contributed by atoms with Crippen LogP contribution in [-0.4, -0.2) is 36.7 Å². The summed E-state index contributed by atoms with van der Waals surface area (Å²) in [5, 5.41) is 0. The van der Waals surface area contributed by atoms with Gasteiger partial charge in [0.2, 0.25) is 0 Å².